The molecule has 1 amide bonds. The van der Waals surface area contributed by atoms with Crippen LogP contribution < -0.4 is 10.1 Å². The predicted octanol–water partition coefficient (Wildman–Crippen LogP) is 5.41. The highest BCUT2D eigenvalue weighted by atomic mass is 32.5. The summed E-state index contributed by atoms with van der Waals surface area (Å²) in [5.74, 6) is -4.05. The van der Waals surface area contributed by atoms with Crippen molar-refractivity contribution in [1.29, 1.82) is 0 Å². The highest BCUT2D eigenvalue weighted by Gasteiger charge is 2.65. The average molecular weight is 529 g/mol. The summed E-state index contributed by atoms with van der Waals surface area (Å²) >= 11 is 0. The number of nitrogens with one attached hydrogen (secondary N) is 1. The molecule has 0 aliphatic rings. The molecule has 0 heterocycles. The Bertz CT molecular complexity index is 1160. The number of para-hydroxylation sites is 1. The normalized spacial score (nSPS) is 16.8. The quantitative estimate of drug-likeness (QED) is 0.469. The molecule has 33 heavy (non-hydrogen) atoms. The van der Waals surface area contributed by atoms with Crippen molar-refractivity contribution in [1.82, 2.24) is 0 Å². The summed E-state index contributed by atoms with van der Waals surface area (Å²) in [5, 5.41) is 12.1. The van der Waals surface area contributed by atoms with Crippen LogP contribution in [0.4, 0.5) is 38.3 Å². The summed E-state index contributed by atoms with van der Waals surface area (Å²) in [5.41, 5.74) is -3.30. The minimum absolute atomic E-state index is 0.0205. The number of ether oxygens (including phenoxy) is 1. The van der Waals surface area contributed by atoms with Crippen LogP contribution >= 0.6 is 10.2 Å². The van der Waals surface area contributed by atoms with Crippen LogP contribution in [0.1, 0.15) is 6.92 Å². The highest BCUT2D eigenvalue weighted by molar-refractivity contribution is 8.45. The minimum Gasteiger partial charge on any atom is -0.404 e. The van der Waals surface area contributed by atoms with Crippen LogP contribution in [0, 0.1) is 0 Å². The fraction of sp³-hybridized carbons (Fsp3) is 0.235. The zero-order chi connectivity index (χ0) is 25.6. The van der Waals surface area contributed by atoms with Gasteiger partial charge in [0.2, 0.25) is 0 Å². The molecule has 2 N–H and O–H groups in total. The van der Waals surface area contributed by atoms with Crippen molar-refractivity contribution in [2.24, 2.45) is 0 Å². The maximum absolute atomic E-state index is 12.7. The van der Waals surface area contributed by atoms with Gasteiger partial charge in [0.05, 0.1) is 5.75 Å². The number of sulfone groups is 1. The topological polar surface area (TPSA) is 92.7 Å². The van der Waals surface area contributed by atoms with E-state index in [0.717, 1.165) is 18.2 Å². The second kappa shape index (κ2) is 7.46. The van der Waals surface area contributed by atoms with Gasteiger partial charge in [-0.1, -0.05) is 31.6 Å². The smallest absolute Gasteiger partial charge is 0.404 e. The molecular weight excluding hydrogens is 514 g/mol. The van der Waals surface area contributed by atoms with Crippen molar-refractivity contribution in [2.45, 2.75) is 28.7 Å². The van der Waals surface area contributed by atoms with Crippen LogP contribution in [-0.2, 0) is 14.6 Å². The van der Waals surface area contributed by atoms with E-state index >= 15 is 0 Å². The Morgan fingerprint density at radius 3 is 2.00 bits per heavy atom. The summed E-state index contributed by atoms with van der Waals surface area (Å²) in [6.07, 6.45) is -5.24. The monoisotopic (exact) mass is 529 g/mol. The van der Waals surface area contributed by atoms with E-state index in [2.05, 4.69) is 4.74 Å². The number of benzene rings is 2. The van der Waals surface area contributed by atoms with Crippen LogP contribution in [-0.4, -0.2) is 37.1 Å². The van der Waals surface area contributed by atoms with Gasteiger partial charge in [-0.2, -0.15) is 0 Å². The third-order valence-corrected chi connectivity index (χ3v) is 7.04. The Labute approximate surface area is 181 Å². The first kappa shape index (κ1) is 26.7. The summed E-state index contributed by atoms with van der Waals surface area (Å²) in [6, 6.07) is 4.38. The Kier molecular flexibility index (Phi) is 6.03. The fourth-order valence-corrected chi connectivity index (χ4v) is 4.87. The second-order valence-electron chi connectivity index (χ2n) is 6.97. The third kappa shape index (κ3) is 7.20. The summed E-state index contributed by atoms with van der Waals surface area (Å²) in [6.45, 7) is 0.677. The molecule has 0 bridgehead atoms. The number of carbonyl (C=O) groups excluding carboxylic acids is 1. The number of amides is 1. The molecule has 0 saturated heterocycles. The van der Waals surface area contributed by atoms with Crippen molar-refractivity contribution in [3.63, 3.8) is 0 Å². The van der Waals surface area contributed by atoms with E-state index in [1.807, 2.05) is 5.32 Å². The molecule has 2 rings (SSSR count). The number of anilines is 1. The number of aliphatic hydroxyl groups is 1. The molecule has 0 aromatic heterocycles. The fourth-order valence-electron chi connectivity index (χ4n) is 2.49. The van der Waals surface area contributed by atoms with E-state index in [1.165, 1.54) is 0 Å². The molecule has 1 atom stereocenters. The Morgan fingerprint density at radius 1 is 1.00 bits per heavy atom. The lowest BCUT2D eigenvalue weighted by Crippen LogP contribution is -2.45. The molecule has 0 saturated carbocycles. The lowest BCUT2D eigenvalue weighted by molar-refractivity contribution is -0.275. The number of hydrogen-bond acceptors (Lipinski definition) is 5. The van der Waals surface area contributed by atoms with Crippen LogP contribution in [0.3, 0.4) is 0 Å². The molecule has 16 heteroatoms. The largest absolute Gasteiger partial charge is 0.573 e. The van der Waals surface area contributed by atoms with Gasteiger partial charge in [0.25, 0.3) is 5.91 Å². The molecule has 0 radical (unpaired) electrons. The van der Waals surface area contributed by atoms with Crippen LogP contribution in [0.5, 0.6) is 5.75 Å². The molecule has 0 aliphatic carbocycles. The van der Waals surface area contributed by atoms with Gasteiger partial charge in [0.1, 0.15) is 15.5 Å². The van der Waals surface area contributed by atoms with Crippen LogP contribution in [0.25, 0.3) is 0 Å². The second-order valence-corrected chi connectivity index (χ2v) is 11.3. The number of halogens is 8. The number of hydrogen-bond donors (Lipinski definition) is 2. The molecule has 2 aromatic carbocycles. The molecule has 2 aromatic rings. The molecule has 6 nitrogen and oxygen atoms in total. The van der Waals surface area contributed by atoms with Crippen LogP contribution in [0.2, 0.25) is 0 Å². The van der Waals surface area contributed by atoms with Gasteiger partial charge in [0.15, 0.2) is 15.4 Å². The van der Waals surface area contributed by atoms with Crippen molar-refractivity contribution in [3.8, 4) is 5.75 Å². The lowest BCUT2D eigenvalue weighted by atomic mass is 10.1. The van der Waals surface area contributed by atoms with Crippen molar-refractivity contribution in [2.75, 3.05) is 11.1 Å². The van der Waals surface area contributed by atoms with Crippen molar-refractivity contribution < 1.29 is 55.7 Å². The standard InChI is InChI=1S/C17H15F8NO5S2/c1-16(28,10-32(29,30)14-5-3-2-4-13(14)31-17(18,19)20)15(27)26-11-6-8-12(9-7-11)33(21,22,23,24)25/h2-9,28H,10H2,1H3,(H,26,27). The third-order valence-electron chi connectivity index (χ3n) is 3.93. The maximum Gasteiger partial charge on any atom is 0.573 e. The van der Waals surface area contributed by atoms with Crippen molar-refractivity contribution >= 4 is 31.7 Å². The van der Waals surface area contributed by atoms with Gasteiger partial charge >= 0.3 is 16.6 Å². The maximum atomic E-state index is 12.7. The van der Waals surface area contributed by atoms with Gasteiger partial charge in [0, 0.05) is 5.69 Å². The number of rotatable bonds is 7. The van der Waals surface area contributed by atoms with Gasteiger partial charge in [-0.25, -0.2) is 8.42 Å². The van der Waals surface area contributed by atoms with E-state index in [-0.39, 0.29) is 12.1 Å². The lowest BCUT2D eigenvalue weighted by Gasteiger charge is -2.40. The zero-order valence-electron chi connectivity index (χ0n) is 16.2. The molecular formula is C17H15F8NO5S2. The minimum atomic E-state index is -9.97. The summed E-state index contributed by atoms with van der Waals surface area (Å²) in [7, 11) is -14.7. The van der Waals surface area contributed by atoms with E-state index < -0.39 is 64.9 Å². The van der Waals surface area contributed by atoms with Gasteiger partial charge < -0.3 is 15.2 Å². The predicted molar refractivity (Wildman–Crippen MR) is 102 cm³/mol. The van der Waals surface area contributed by atoms with Crippen LogP contribution in [0.15, 0.2) is 58.3 Å². The average Bonchev–Trinajstić information content (AvgIpc) is 2.58. The Morgan fingerprint density at radius 2 is 1.52 bits per heavy atom. The molecule has 1 unspecified atom stereocenters. The van der Waals surface area contributed by atoms with E-state index in [9.17, 15) is 50.9 Å². The molecule has 0 spiro atoms. The van der Waals surface area contributed by atoms with E-state index in [1.54, 1.807) is 0 Å². The SMILES string of the molecule is CC(O)(CS(=O)(=O)c1ccccc1OC(F)(F)F)C(=O)Nc1ccc(S(F)(F)(F)(F)F)cc1. The van der Waals surface area contributed by atoms with Crippen molar-refractivity contribution in [3.05, 3.63) is 48.5 Å². The van der Waals surface area contributed by atoms with E-state index in [0.29, 0.717) is 25.1 Å². The molecule has 0 fully saturated rings. The number of alkyl halides is 3. The van der Waals surface area contributed by atoms with E-state index in [4.69, 9.17) is 0 Å². The Balaban J connectivity index is 2.25. The highest BCUT2D eigenvalue weighted by Crippen LogP contribution is 3.02. The van der Waals surface area contributed by atoms with Gasteiger partial charge in [-0.05, 0) is 43.3 Å². The first-order valence-electron chi connectivity index (χ1n) is 8.46. The molecule has 186 valence electrons. The zero-order valence-corrected chi connectivity index (χ0v) is 17.9. The molecule has 0 aliphatic heterocycles. The van der Waals surface area contributed by atoms with Gasteiger partial charge in [-0.15, -0.1) is 13.2 Å². The first-order chi connectivity index (χ1) is 14.5. The first-order valence-corrected chi connectivity index (χ1v) is 12.1. The number of carbonyl (C=O) groups is 1. The van der Waals surface area contributed by atoms with Gasteiger partial charge in [-0.3, -0.25) is 4.79 Å². The summed E-state index contributed by atoms with van der Waals surface area (Å²) in [4.78, 5) is 9.03. The summed E-state index contributed by atoms with van der Waals surface area (Å²) < 4.78 is 130. The Hall–Kier alpha value is -2.59.